The topological polar surface area (TPSA) is 32.3 Å². The fraction of sp³-hybridized carbons (Fsp3) is 0.533. The number of thioether (sulfide) groups is 1. The summed E-state index contributed by atoms with van der Waals surface area (Å²) in [5.41, 5.74) is 3.31. The van der Waals surface area contributed by atoms with Crippen LogP contribution in [-0.2, 0) is 6.42 Å². The molecule has 1 aromatic rings. The van der Waals surface area contributed by atoms with E-state index >= 15 is 0 Å². The van der Waals surface area contributed by atoms with Gasteiger partial charge < -0.3 is 10.2 Å². The Hall–Kier alpha value is -1.16. The van der Waals surface area contributed by atoms with Gasteiger partial charge in [-0.15, -0.1) is 0 Å². The fourth-order valence-electron chi connectivity index (χ4n) is 2.80. The summed E-state index contributed by atoms with van der Waals surface area (Å²) >= 11 is 1.94. The molecule has 1 atom stereocenters. The summed E-state index contributed by atoms with van der Waals surface area (Å²) in [6, 6.07) is 6.49. The lowest BCUT2D eigenvalue weighted by Crippen LogP contribution is -2.37. The van der Waals surface area contributed by atoms with Crippen LogP contribution in [0.1, 0.15) is 28.8 Å². The average Bonchev–Trinajstić information content (AvgIpc) is 2.99. The Morgan fingerprint density at radius 2 is 2.37 bits per heavy atom. The third-order valence-corrected chi connectivity index (χ3v) is 5.21. The fourth-order valence-corrected chi connectivity index (χ4v) is 4.07. The lowest BCUT2D eigenvalue weighted by atomic mass is 10.00. The van der Waals surface area contributed by atoms with Crippen LogP contribution in [0.2, 0.25) is 0 Å². The quantitative estimate of drug-likeness (QED) is 0.901. The van der Waals surface area contributed by atoms with Crippen LogP contribution in [0.5, 0.6) is 0 Å². The minimum atomic E-state index is 0.167. The van der Waals surface area contributed by atoms with Crippen molar-refractivity contribution in [3.8, 4) is 0 Å². The lowest BCUT2D eigenvalue weighted by Gasteiger charge is -2.25. The number of rotatable bonds is 2. The minimum Gasteiger partial charge on any atom is -0.385 e. The molecule has 19 heavy (non-hydrogen) atoms. The molecule has 2 heterocycles. The van der Waals surface area contributed by atoms with Crippen LogP contribution in [0.25, 0.3) is 0 Å². The molecule has 1 unspecified atom stereocenters. The number of carbonyl (C=O) groups is 1. The van der Waals surface area contributed by atoms with Crippen LogP contribution in [0.3, 0.4) is 0 Å². The van der Waals surface area contributed by atoms with Gasteiger partial charge in [-0.25, -0.2) is 0 Å². The molecule has 0 saturated carbocycles. The van der Waals surface area contributed by atoms with Gasteiger partial charge in [0.2, 0.25) is 0 Å². The highest BCUT2D eigenvalue weighted by Gasteiger charge is 2.25. The van der Waals surface area contributed by atoms with E-state index < -0.39 is 0 Å². The summed E-state index contributed by atoms with van der Waals surface area (Å²) in [6.45, 7) is 1.04. The maximum Gasteiger partial charge on any atom is 0.253 e. The molecule has 2 aliphatic heterocycles. The van der Waals surface area contributed by atoms with Crippen molar-refractivity contribution in [1.29, 1.82) is 0 Å². The molecule has 102 valence electrons. The molecule has 0 aliphatic carbocycles. The smallest absolute Gasteiger partial charge is 0.253 e. The van der Waals surface area contributed by atoms with E-state index in [1.807, 2.05) is 29.8 Å². The zero-order valence-corrected chi connectivity index (χ0v) is 12.1. The van der Waals surface area contributed by atoms with Crippen molar-refractivity contribution in [2.45, 2.75) is 25.3 Å². The normalized spacial score (nSPS) is 21.6. The van der Waals surface area contributed by atoms with Gasteiger partial charge in [-0.2, -0.15) is 11.8 Å². The zero-order valence-electron chi connectivity index (χ0n) is 11.3. The second-order valence-corrected chi connectivity index (χ2v) is 6.49. The Kier molecular flexibility index (Phi) is 3.69. The van der Waals surface area contributed by atoms with Gasteiger partial charge >= 0.3 is 0 Å². The van der Waals surface area contributed by atoms with Gasteiger partial charge in [-0.05, 0) is 48.8 Å². The van der Waals surface area contributed by atoms with E-state index in [2.05, 4.69) is 17.4 Å². The Morgan fingerprint density at radius 1 is 1.47 bits per heavy atom. The van der Waals surface area contributed by atoms with Gasteiger partial charge in [0.15, 0.2) is 0 Å². The predicted octanol–water partition coefficient (Wildman–Crippen LogP) is 2.62. The number of hydrogen-bond donors (Lipinski definition) is 1. The maximum absolute atomic E-state index is 12.5. The average molecular weight is 276 g/mol. The van der Waals surface area contributed by atoms with Crippen molar-refractivity contribution in [2.24, 2.45) is 0 Å². The van der Waals surface area contributed by atoms with Gasteiger partial charge in [0.1, 0.15) is 0 Å². The van der Waals surface area contributed by atoms with Gasteiger partial charge in [0.25, 0.3) is 5.91 Å². The highest BCUT2D eigenvalue weighted by molar-refractivity contribution is 7.99. The third-order valence-electron chi connectivity index (χ3n) is 4.06. The number of nitrogens with one attached hydrogen (secondary N) is 1. The number of amides is 1. The number of benzene rings is 1. The van der Waals surface area contributed by atoms with Gasteiger partial charge in [0, 0.05) is 36.6 Å². The molecular weight excluding hydrogens is 256 g/mol. The molecule has 0 spiro atoms. The van der Waals surface area contributed by atoms with Crippen molar-refractivity contribution in [2.75, 3.05) is 30.4 Å². The highest BCUT2D eigenvalue weighted by Crippen LogP contribution is 2.26. The number of hydrogen-bond acceptors (Lipinski definition) is 3. The molecule has 0 radical (unpaired) electrons. The molecule has 1 fully saturated rings. The first-order chi connectivity index (χ1) is 9.25. The number of aryl methyl sites for hydroxylation is 1. The van der Waals surface area contributed by atoms with Crippen molar-refractivity contribution < 1.29 is 4.79 Å². The summed E-state index contributed by atoms with van der Waals surface area (Å²) in [5, 5.41) is 3.38. The van der Waals surface area contributed by atoms with Crippen LogP contribution in [0.4, 0.5) is 5.69 Å². The largest absolute Gasteiger partial charge is 0.385 e. The summed E-state index contributed by atoms with van der Waals surface area (Å²) < 4.78 is 0. The molecule has 1 saturated heterocycles. The molecule has 0 bridgehead atoms. The number of anilines is 1. The maximum atomic E-state index is 12.5. The van der Waals surface area contributed by atoms with E-state index in [1.54, 1.807) is 0 Å². The first-order valence-electron chi connectivity index (χ1n) is 6.97. The molecule has 3 nitrogen and oxygen atoms in total. The summed E-state index contributed by atoms with van der Waals surface area (Å²) in [7, 11) is 1.94. The highest BCUT2D eigenvalue weighted by atomic mass is 32.2. The van der Waals surface area contributed by atoms with Gasteiger partial charge in [0.05, 0.1) is 0 Å². The lowest BCUT2D eigenvalue weighted by molar-refractivity contribution is 0.0748. The van der Waals surface area contributed by atoms with E-state index in [0.717, 1.165) is 37.1 Å². The SMILES string of the molecule is CN(C(=O)c1ccc2c(c1)CCCN2)C1CCSC1. The molecule has 4 heteroatoms. The summed E-state index contributed by atoms with van der Waals surface area (Å²) in [4.78, 5) is 14.4. The second kappa shape index (κ2) is 5.45. The molecule has 0 aromatic heterocycles. The Labute approximate surface area is 118 Å². The molecule has 1 N–H and O–H groups in total. The summed E-state index contributed by atoms with van der Waals surface area (Å²) in [5.74, 6) is 2.42. The first kappa shape index (κ1) is 12.9. The van der Waals surface area contributed by atoms with E-state index in [9.17, 15) is 4.79 Å². The minimum absolute atomic E-state index is 0.167. The zero-order chi connectivity index (χ0) is 13.2. The standard InChI is InChI=1S/C15H20N2OS/c1-17(13-6-8-19-10-13)15(18)12-4-5-14-11(9-12)3-2-7-16-14/h4-5,9,13,16H,2-3,6-8,10H2,1H3. The Bertz CT molecular complexity index is 483. The van der Waals surface area contributed by atoms with E-state index in [-0.39, 0.29) is 5.91 Å². The molecule has 3 rings (SSSR count). The van der Waals surface area contributed by atoms with Gasteiger partial charge in [-0.3, -0.25) is 4.79 Å². The third kappa shape index (κ3) is 2.59. The number of nitrogens with zero attached hydrogens (tertiary/aromatic N) is 1. The predicted molar refractivity (Wildman–Crippen MR) is 81.1 cm³/mol. The van der Waals surface area contributed by atoms with Crippen LogP contribution in [0.15, 0.2) is 18.2 Å². The van der Waals surface area contributed by atoms with Crippen LogP contribution in [0, 0.1) is 0 Å². The van der Waals surface area contributed by atoms with Crippen molar-refractivity contribution >= 4 is 23.4 Å². The Balaban J connectivity index is 1.79. The second-order valence-electron chi connectivity index (χ2n) is 5.34. The van der Waals surface area contributed by atoms with Crippen LogP contribution >= 0.6 is 11.8 Å². The van der Waals surface area contributed by atoms with Crippen molar-refractivity contribution in [3.63, 3.8) is 0 Å². The Morgan fingerprint density at radius 3 is 3.16 bits per heavy atom. The molecule has 1 aromatic carbocycles. The van der Waals surface area contributed by atoms with E-state index in [4.69, 9.17) is 0 Å². The van der Waals surface area contributed by atoms with E-state index in [0.29, 0.717) is 6.04 Å². The van der Waals surface area contributed by atoms with Crippen molar-refractivity contribution in [1.82, 2.24) is 4.90 Å². The van der Waals surface area contributed by atoms with Crippen molar-refractivity contribution in [3.05, 3.63) is 29.3 Å². The molecular formula is C15H20N2OS. The van der Waals surface area contributed by atoms with Crippen LogP contribution < -0.4 is 5.32 Å². The monoisotopic (exact) mass is 276 g/mol. The van der Waals surface area contributed by atoms with Crippen LogP contribution in [-0.4, -0.2) is 41.9 Å². The number of carbonyl (C=O) groups excluding carboxylic acids is 1. The van der Waals surface area contributed by atoms with Gasteiger partial charge in [-0.1, -0.05) is 0 Å². The molecule has 1 amide bonds. The molecule has 2 aliphatic rings. The first-order valence-corrected chi connectivity index (χ1v) is 8.13. The summed E-state index contributed by atoms with van der Waals surface area (Å²) in [6.07, 6.45) is 3.35. The number of fused-ring (bicyclic) bond motifs is 1. The van der Waals surface area contributed by atoms with E-state index in [1.165, 1.54) is 17.0 Å².